The number of likely N-dealkylation sites (N-methyl/N-ethyl adjacent to an activating group) is 1. The summed E-state index contributed by atoms with van der Waals surface area (Å²) in [4.78, 5) is 14.8. The Bertz CT molecular complexity index is 695. The Labute approximate surface area is 174 Å². The first kappa shape index (κ1) is 21.8. The highest BCUT2D eigenvalue weighted by atomic mass is 16.5. The number of rotatable bonds is 7. The molecule has 3 atom stereocenters. The summed E-state index contributed by atoms with van der Waals surface area (Å²) < 4.78 is 6.00. The van der Waals surface area contributed by atoms with Crippen molar-refractivity contribution in [1.29, 1.82) is 0 Å². The summed E-state index contributed by atoms with van der Waals surface area (Å²) in [6.45, 7) is 5.96. The van der Waals surface area contributed by atoms with E-state index in [0.29, 0.717) is 12.0 Å². The molecule has 160 valence electrons. The van der Waals surface area contributed by atoms with E-state index in [1.165, 1.54) is 0 Å². The number of benzene rings is 1. The minimum absolute atomic E-state index is 0.0471. The Hall–Kier alpha value is -1.85. The Morgan fingerprint density at radius 1 is 1.28 bits per heavy atom. The molecule has 5 heteroatoms. The van der Waals surface area contributed by atoms with Gasteiger partial charge in [-0.2, -0.15) is 0 Å². The van der Waals surface area contributed by atoms with Gasteiger partial charge in [-0.25, -0.2) is 0 Å². The second-order valence-electron chi connectivity index (χ2n) is 8.80. The van der Waals surface area contributed by atoms with Crippen molar-refractivity contribution in [3.05, 3.63) is 42.5 Å². The normalized spacial score (nSPS) is 30.6. The molecule has 5 nitrogen and oxygen atoms in total. The molecular weight excluding hydrogens is 366 g/mol. The first-order chi connectivity index (χ1) is 13.8. The van der Waals surface area contributed by atoms with Crippen LogP contribution >= 0.6 is 0 Å². The Kier molecular flexibility index (Phi) is 7.01. The van der Waals surface area contributed by atoms with Crippen LogP contribution in [0.15, 0.2) is 36.9 Å². The molecule has 0 spiro atoms. The molecule has 3 unspecified atom stereocenters. The number of hydrogen-bond acceptors (Lipinski definition) is 4. The van der Waals surface area contributed by atoms with E-state index in [0.717, 1.165) is 50.7 Å². The number of aliphatic hydroxyl groups is 2. The zero-order valence-corrected chi connectivity index (χ0v) is 17.7. The molecule has 2 aliphatic carbocycles. The van der Waals surface area contributed by atoms with Gasteiger partial charge in [0, 0.05) is 12.6 Å². The molecule has 0 bridgehead atoms. The lowest BCUT2D eigenvalue weighted by atomic mass is 9.92. The number of nitrogens with zero attached hydrogens (tertiary/aromatic N) is 1. The van der Waals surface area contributed by atoms with Gasteiger partial charge in [-0.15, -0.1) is 6.58 Å². The highest BCUT2D eigenvalue weighted by Gasteiger charge is 2.40. The van der Waals surface area contributed by atoms with Crippen molar-refractivity contribution in [3.8, 4) is 5.75 Å². The third kappa shape index (κ3) is 5.20. The van der Waals surface area contributed by atoms with Gasteiger partial charge in [0.25, 0.3) is 5.91 Å². The van der Waals surface area contributed by atoms with Crippen LogP contribution in [0.2, 0.25) is 0 Å². The molecule has 2 saturated carbocycles. The van der Waals surface area contributed by atoms with Crippen LogP contribution < -0.4 is 4.74 Å². The van der Waals surface area contributed by atoms with Crippen molar-refractivity contribution in [2.75, 3.05) is 7.05 Å². The first-order valence-electron chi connectivity index (χ1n) is 10.9. The minimum atomic E-state index is -0.607. The largest absolute Gasteiger partial charge is 0.490 e. The topological polar surface area (TPSA) is 70.0 Å². The third-order valence-electron chi connectivity index (χ3n) is 6.82. The van der Waals surface area contributed by atoms with Gasteiger partial charge in [0.1, 0.15) is 5.75 Å². The molecule has 0 saturated heterocycles. The number of ether oxygens (including phenoxy) is 1. The molecule has 1 aromatic carbocycles. The van der Waals surface area contributed by atoms with Gasteiger partial charge in [-0.3, -0.25) is 4.79 Å². The lowest BCUT2D eigenvalue weighted by Crippen LogP contribution is -2.40. The number of amides is 1. The average molecular weight is 402 g/mol. The average Bonchev–Trinajstić information content (AvgIpc) is 3.12. The number of hydrogen-bond donors (Lipinski definition) is 2. The Balaban J connectivity index is 1.60. The summed E-state index contributed by atoms with van der Waals surface area (Å²) >= 11 is 0. The standard InChI is InChI=1S/C24H35NO4/c1-4-22(18-14-15-24(28,5-2)16-18)25(3)23(27)17-6-10-20(11-7-17)29-21-12-8-19(26)9-13-21/h4,6-7,10-11,18-19,21-22,26,28H,1,5,8-9,12-16H2,2-3H3. The summed E-state index contributed by atoms with van der Waals surface area (Å²) in [6.07, 6.45) is 8.18. The second-order valence-corrected chi connectivity index (χ2v) is 8.80. The molecule has 0 aromatic heterocycles. The molecule has 0 radical (unpaired) electrons. The van der Waals surface area contributed by atoms with Crippen LogP contribution in [0.4, 0.5) is 0 Å². The Morgan fingerprint density at radius 3 is 2.48 bits per heavy atom. The summed E-state index contributed by atoms with van der Waals surface area (Å²) in [6, 6.07) is 7.22. The molecular formula is C24H35NO4. The fraction of sp³-hybridized carbons (Fsp3) is 0.625. The van der Waals surface area contributed by atoms with Crippen LogP contribution in [0, 0.1) is 5.92 Å². The fourth-order valence-electron chi connectivity index (χ4n) is 4.80. The van der Waals surface area contributed by atoms with Crippen LogP contribution in [0.1, 0.15) is 68.6 Å². The Morgan fingerprint density at radius 2 is 1.93 bits per heavy atom. The highest BCUT2D eigenvalue weighted by Crippen LogP contribution is 2.40. The van der Waals surface area contributed by atoms with E-state index in [-0.39, 0.29) is 30.1 Å². The third-order valence-corrected chi connectivity index (χ3v) is 6.82. The molecule has 29 heavy (non-hydrogen) atoms. The van der Waals surface area contributed by atoms with Crippen molar-refractivity contribution in [2.45, 2.75) is 82.1 Å². The molecule has 0 aliphatic heterocycles. The summed E-state index contributed by atoms with van der Waals surface area (Å²) in [5, 5.41) is 20.2. The van der Waals surface area contributed by atoms with Crippen molar-refractivity contribution in [2.24, 2.45) is 5.92 Å². The van der Waals surface area contributed by atoms with Gasteiger partial charge < -0.3 is 19.8 Å². The van der Waals surface area contributed by atoms with Crippen LogP contribution in [0.25, 0.3) is 0 Å². The van der Waals surface area contributed by atoms with Crippen LogP contribution in [0.3, 0.4) is 0 Å². The van der Waals surface area contributed by atoms with Gasteiger partial charge in [0.15, 0.2) is 0 Å². The van der Waals surface area contributed by atoms with Crippen molar-refractivity contribution in [1.82, 2.24) is 4.90 Å². The van der Waals surface area contributed by atoms with Crippen LogP contribution in [-0.2, 0) is 0 Å². The van der Waals surface area contributed by atoms with Crippen molar-refractivity contribution < 1.29 is 19.7 Å². The lowest BCUT2D eigenvalue weighted by Gasteiger charge is -2.31. The van der Waals surface area contributed by atoms with E-state index in [1.807, 2.05) is 44.3 Å². The summed E-state index contributed by atoms with van der Waals surface area (Å²) in [5.41, 5.74) is 0.0127. The minimum Gasteiger partial charge on any atom is -0.490 e. The van der Waals surface area contributed by atoms with E-state index in [9.17, 15) is 15.0 Å². The van der Waals surface area contributed by atoms with E-state index >= 15 is 0 Å². The summed E-state index contributed by atoms with van der Waals surface area (Å²) in [7, 11) is 1.82. The molecule has 2 fully saturated rings. The molecule has 0 heterocycles. The van der Waals surface area contributed by atoms with E-state index < -0.39 is 5.60 Å². The molecule has 1 aromatic rings. The predicted octanol–water partition coefficient (Wildman–Crippen LogP) is 3.94. The number of carbonyl (C=O) groups excluding carboxylic acids is 1. The molecule has 2 aliphatic rings. The van der Waals surface area contributed by atoms with E-state index in [2.05, 4.69) is 6.58 Å². The smallest absolute Gasteiger partial charge is 0.254 e. The van der Waals surface area contributed by atoms with Crippen molar-refractivity contribution >= 4 is 5.91 Å². The first-order valence-corrected chi connectivity index (χ1v) is 10.9. The fourth-order valence-corrected chi connectivity index (χ4v) is 4.80. The SMILES string of the molecule is C=CC(C1CCC(O)(CC)C1)N(C)C(=O)c1ccc(OC2CCC(O)CC2)cc1. The van der Waals surface area contributed by atoms with Gasteiger partial charge >= 0.3 is 0 Å². The maximum Gasteiger partial charge on any atom is 0.254 e. The molecule has 1 amide bonds. The van der Waals surface area contributed by atoms with Crippen molar-refractivity contribution in [3.63, 3.8) is 0 Å². The maximum absolute atomic E-state index is 13.0. The van der Waals surface area contributed by atoms with Gasteiger partial charge in [0.2, 0.25) is 0 Å². The number of aliphatic hydroxyl groups excluding tert-OH is 1. The quantitative estimate of drug-likeness (QED) is 0.679. The predicted molar refractivity (Wildman–Crippen MR) is 114 cm³/mol. The number of carbonyl (C=O) groups is 1. The highest BCUT2D eigenvalue weighted by molar-refractivity contribution is 5.94. The van der Waals surface area contributed by atoms with E-state index in [1.54, 1.807) is 4.90 Å². The lowest BCUT2D eigenvalue weighted by molar-refractivity contribution is 0.0346. The maximum atomic E-state index is 13.0. The molecule has 3 rings (SSSR count). The van der Waals surface area contributed by atoms with Crippen LogP contribution in [-0.4, -0.2) is 51.9 Å². The zero-order chi connectivity index (χ0) is 21.0. The molecule has 2 N–H and O–H groups in total. The van der Waals surface area contributed by atoms with Gasteiger partial charge in [-0.05, 0) is 81.5 Å². The van der Waals surface area contributed by atoms with Crippen LogP contribution in [0.5, 0.6) is 5.75 Å². The van der Waals surface area contributed by atoms with E-state index in [4.69, 9.17) is 4.74 Å². The van der Waals surface area contributed by atoms with Gasteiger partial charge in [-0.1, -0.05) is 13.0 Å². The summed E-state index contributed by atoms with van der Waals surface area (Å²) in [5.74, 6) is 0.944. The monoisotopic (exact) mass is 401 g/mol. The zero-order valence-electron chi connectivity index (χ0n) is 17.7. The van der Waals surface area contributed by atoms with Gasteiger partial charge in [0.05, 0.1) is 23.9 Å². The second kappa shape index (κ2) is 9.31.